The highest BCUT2D eigenvalue weighted by molar-refractivity contribution is 6.30. The zero-order chi connectivity index (χ0) is 9.26. The predicted octanol–water partition coefficient (Wildman–Crippen LogP) is 3.15. The van der Waals surface area contributed by atoms with Crippen molar-refractivity contribution in [2.24, 2.45) is 0 Å². The van der Waals surface area contributed by atoms with Gasteiger partial charge in [-0.25, -0.2) is 0 Å². The zero-order valence-electron chi connectivity index (χ0n) is 7.76. The molecule has 70 valence electrons. The molecule has 1 aliphatic heterocycles. The van der Waals surface area contributed by atoms with Crippen molar-refractivity contribution in [3.05, 3.63) is 34.9 Å². The van der Waals surface area contributed by atoms with Gasteiger partial charge in [0.15, 0.2) is 0 Å². The third-order valence-electron chi connectivity index (χ3n) is 2.65. The van der Waals surface area contributed by atoms with E-state index in [4.69, 9.17) is 11.6 Å². The number of rotatable bonds is 1. The van der Waals surface area contributed by atoms with Gasteiger partial charge in [-0.1, -0.05) is 23.7 Å². The van der Waals surface area contributed by atoms with Gasteiger partial charge in [0, 0.05) is 17.1 Å². The summed E-state index contributed by atoms with van der Waals surface area (Å²) in [7, 11) is 0. The molecule has 0 bridgehead atoms. The molecule has 0 aromatic heterocycles. The Morgan fingerprint density at radius 1 is 1.23 bits per heavy atom. The molecule has 1 aromatic carbocycles. The molecule has 13 heavy (non-hydrogen) atoms. The summed E-state index contributed by atoms with van der Waals surface area (Å²) < 4.78 is 0. The maximum atomic E-state index is 5.83. The standard InChI is InChI=1S/C11H14ClN/c1-8-2-7-11(13-8)9-3-5-10(12)6-4-9/h3-6,8,11,13H,2,7H2,1H3/t8-,11-/m0/s1. The molecule has 1 N–H and O–H groups in total. The van der Waals surface area contributed by atoms with Gasteiger partial charge < -0.3 is 5.32 Å². The molecule has 1 nitrogen and oxygen atoms in total. The Morgan fingerprint density at radius 3 is 2.46 bits per heavy atom. The molecule has 0 aliphatic carbocycles. The van der Waals surface area contributed by atoms with Crippen molar-refractivity contribution >= 4 is 11.6 Å². The number of nitrogens with one attached hydrogen (secondary N) is 1. The molecule has 2 heteroatoms. The maximum Gasteiger partial charge on any atom is 0.0406 e. The molecule has 2 atom stereocenters. The summed E-state index contributed by atoms with van der Waals surface area (Å²) in [6.07, 6.45) is 2.51. The molecule has 0 saturated carbocycles. The fraction of sp³-hybridized carbons (Fsp3) is 0.455. The first-order valence-electron chi connectivity index (χ1n) is 4.77. The van der Waals surface area contributed by atoms with Crippen molar-refractivity contribution < 1.29 is 0 Å². The molecule has 1 saturated heterocycles. The summed E-state index contributed by atoms with van der Waals surface area (Å²) in [5, 5.41) is 4.36. The summed E-state index contributed by atoms with van der Waals surface area (Å²) >= 11 is 5.83. The van der Waals surface area contributed by atoms with Crippen LogP contribution in [0.3, 0.4) is 0 Å². The maximum absolute atomic E-state index is 5.83. The van der Waals surface area contributed by atoms with Crippen molar-refractivity contribution in [1.29, 1.82) is 0 Å². The first-order valence-corrected chi connectivity index (χ1v) is 5.15. The van der Waals surface area contributed by atoms with Crippen LogP contribution in [0, 0.1) is 0 Å². The minimum atomic E-state index is 0.535. The monoisotopic (exact) mass is 195 g/mol. The second kappa shape index (κ2) is 3.69. The summed E-state index contributed by atoms with van der Waals surface area (Å²) in [4.78, 5) is 0. The molecule has 0 spiro atoms. The summed E-state index contributed by atoms with van der Waals surface area (Å²) in [6.45, 7) is 2.23. The molecule has 1 aliphatic rings. The Hall–Kier alpha value is -0.530. The SMILES string of the molecule is C[C@H]1CC[C@@H](c2ccc(Cl)cc2)N1. The highest BCUT2D eigenvalue weighted by atomic mass is 35.5. The second-order valence-corrected chi connectivity index (χ2v) is 4.19. The highest BCUT2D eigenvalue weighted by Crippen LogP contribution is 2.26. The first-order chi connectivity index (χ1) is 6.25. The van der Waals surface area contributed by atoms with Crippen molar-refractivity contribution in [1.82, 2.24) is 5.32 Å². The normalized spacial score (nSPS) is 27.8. The quantitative estimate of drug-likeness (QED) is 0.726. The van der Waals surface area contributed by atoms with E-state index in [9.17, 15) is 0 Å². The van der Waals surface area contributed by atoms with E-state index in [0.717, 1.165) is 5.02 Å². The lowest BCUT2D eigenvalue weighted by atomic mass is 10.1. The lowest BCUT2D eigenvalue weighted by Crippen LogP contribution is -2.20. The smallest absolute Gasteiger partial charge is 0.0406 e. The van der Waals surface area contributed by atoms with E-state index >= 15 is 0 Å². The van der Waals surface area contributed by atoms with E-state index in [1.165, 1.54) is 18.4 Å². The Labute approximate surface area is 84.1 Å². The van der Waals surface area contributed by atoms with Crippen molar-refractivity contribution in [3.8, 4) is 0 Å². The van der Waals surface area contributed by atoms with E-state index in [0.29, 0.717) is 12.1 Å². The van der Waals surface area contributed by atoms with Gasteiger partial charge >= 0.3 is 0 Å². The number of halogens is 1. The molecule has 2 rings (SSSR count). The van der Waals surface area contributed by atoms with Crippen LogP contribution in [0.4, 0.5) is 0 Å². The predicted molar refractivity (Wildman–Crippen MR) is 56.0 cm³/mol. The van der Waals surface area contributed by atoms with Crippen LogP contribution in [-0.2, 0) is 0 Å². The van der Waals surface area contributed by atoms with Crippen LogP contribution >= 0.6 is 11.6 Å². The van der Waals surface area contributed by atoms with Gasteiger partial charge in [-0.05, 0) is 37.5 Å². The van der Waals surface area contributed by atoms with Crippen LogP contribution in [0.1, 0.15) is 31.4 Å². The van der Waals surface area contributed by atoms with Crippen molar-refractivity contribution in [3.63, 3.8) is 0 Å². The number of hydrogen-bond donors (Lipinski definition) is 1. The van der Waals surface area contributed by atoms with Crippen LogP contribution in [0.15, 0.2) is 24.3 Å². The molecular weight excluding hydrogens is 182 g/mol. The van der Waals surface area contributed by atoms with Crippen LogP contribution in [0.2, 0.25) is 5.02 Å². The van der Waals surface area contributed by atoms with Crippen LogP contribution < -0.4 is 5.32 Å². The highest BCUT2D eigenvalue weighted by Gasteiger charge is 2.20. The summed E-state index contributed by atoms with van der Waals surface area (Å²) in [5.74, 6) is 0. The van der Waals surface area contributed by atoms with Gasteiger partial charge in [0.05, 0.1) is 0 Å². The van der Waals surface area contributed by atoms with Gasteiger partial charge in [0.2, 0.25) is 0 Å². The molecule has 1 fully saturated rings. The molecular formula is C11H14ClN. The minimum absolute atomic E-state index is 0.535. The van der Waals surface area contributed by atoms with E-state index in [1.54, 1.807) is 0 Å². The van der Waals surface area contributed by atoms with Gasteiger partial charge in [-0.15, -0.1) is 0 Å². The van der Waals surface area contributed by atoms with E-state index in [2.05, 4.69) is 24.4 Å². The third kappa shape index (κ3) is 2.04. The van der Waals surface area contributed by atoms with Gasteiger partial charge in [0.25, 0.3) is 0 Å². The molecule has 0 radical (unpaired) electrons. The Kier molecular flexibility index (Phi) is 2.56. The summed E-state index contributed by atoms with van der Waals surface area (Å²) in [5.41, 5.74) is 1.36. The van der Waals surface area contributed by atoms with E-state index in [1.807, 2.05) is 12.1 Å². The van der Waals surface area contributed by atoms with Gasteiger partial charge in [0.1, 0.15) is 0 Å². The van der Waals surface area contributed by atoms with E-state index < -0.39 is 0 Å². The lowest BCUT2D eigenvalue weighted by Gasteiger charge is -2.11. The van der Waals surface area contributed by atoms with Gasteiger partial charge in [-0.2, -0.15) is 0 Å². The Bertz CT molecular complexity index is 281. The van der Waals surface area contributed by atoms with Crippen LogP contribution in [0.5, 0.6) is 0 Å². The van der Waals surface area contributed by atoms with E-state index in [-0.39, 0.29) is 0 Å². The fourth-order valence-corrected chi connectivity index (χ4v) is 2.01. The van der Waals surface area contributed by atoms with Crippen molar-refractivity contribution in [2.45, 2.75) is 31.8 Å². The molecule has 0 unspecified atom stereocenters. The minimum Gasteiger partial charge on any atom is -0.307 e. The van der Waals surface area contributed by atoms with Crippen molar-refractivity contribution in [2.75, 3.05) is 0 Å². The Morgan fingerprint density at radius 2 is 1.92 bits per heavy atom. The van der Waals surface area contributed by atoms with Crippen LogP contribution in [0.25, 0.3) is 0 Å². The topological polar surface area (TPSA) is 12.0 Å². The Balaban J connectivity index is 2.13. The first kappa shape index (κ1) is 9.04. The third-order valence-corrected chi connectivity index (χ3v) is 2.90. The lowest BCUT2D eigenvalue weighted by molar-refractivity contribution is 0.585. The number of benzene rings is 1. The van der Waals surface area contributed by atoms with Gasteiger partial charge in [-0.3, -0.25) is 0 Å². The second-order valence-electron chi connectivity index (χ2n) is 3.75. The molecule has 0 amide bonds. The number of hydrogen-bond acceptors (Lipinski definition) is 1. The average Bonchev–Trinajstić information content (AvgIpc) is 2.53. The average molecular weight is 196 g/mol. The van der Waals surface area contributed by atoms with Crippen LogP contribution in [-0.4, -0.2) is 6.04 Å². The molecule has 1 aromatic rings. The fourth-order valence-electron chi connectivity index (χ4n) is 1.88. The summed E-state index contributed by atoms with van der Waals surface area (Å²) in [6, 6.07) is 9.33. The molecule has 1 heterocycles. The zero-order valence-corrected chi connectivity index (χ0v) is 8.51. The largest absolute Gasteiger partial charge is 0.307 e.